The molecule has 1 fully saturated rings. The number of aromatic nitrogens is 2. The number of nitrogens with zero attached hydrogens (tertiary/aromatic N) is 3. The maximum atomic E-state index is 11.9. The summed E-state index contributed by atoms with van der Waals surface area (Å²) >= 11 is 0. The number of piperazine rings is 1. The van der Waals surface area contributed by atoms with Gasteiger partial charge in [0, 0.05) is 50.7 Å². The molecule has 1 aromatic heterocycles. The van der Waals surface area contributed by atoms with Crippen molar-refractivity contribution < 1.29 is 0 Å². The first-order valence-corrected chi connectivity index (χ1v) is 8.71. The first kappa shape index (κ1) is 15.7. The van der Waals surface area contributed by atoms with E-state index in [-0.39, 0.29) is 5.56 Å². The Morgan fingerprint density at radius 1 is 1.09 bits per heavy atom. The van der Waals surface area contributed by atoms with Gasteiger partial charge < -0.3 is 4.90 Å². The predicted molar refractivity (Wildman–Crippen MR) is 88.4 cm³/mol. The predicted octanol–water partition coefficient (Wildman–Crippen LogP) is 1.22. The monoisotopic (exact) mass is 304 g/mol. The summed E-state index contributed by atoms with van der Waals surface area (Å²) < 4.78 is 0. The Morgan fingerprint density at radius 2 is 1.77 bits per heavy atom. The third kappa shape index (κ3) is 3.41. The number of H-pyrrole nitrogens is 1. The average molecular weight is 304 g/mol. The van der Waals surface area contributed by atoms with Crippen molar-refractivity contribution in [3.05, 3.63) is 27.2 Å². The zero-order chi connectivity index (χ0) is 15.5. The summed E-state index contributed by atoms with van der Waals surface area (Å²) in [6.07, 6.45) is 5.24. The van der Waals surface area contributed by atoms with Crippen LogP contribution in [-0.4, -0.2) is 58.8 Å². The molecule has 1 aliphatic heterocycles. The molecule has 22 heavy (non-hydrogen) atoms. The normalized spacial score (nSPS) is 20.3. The molecule has 0 radical (unpaired) electrons. The minimum atomic E-state index is 0.0315. The molecule has 5 nitrogen and oxygen atoms in total. The van der Waals surface area contributed by atoms with Crippen LogP contribution in [0.25, 0.3) is 0 Å². The Balaban J connectivity index is 1.60. The van der Waals surface area contributed by atoms with E-state index in [0.29, 0.717) is 6.04 Å². The highest BCUT2D eigenvalue weighted by molar-refractivity contribution is 5.30. The Bertz CT molecular complexity index is 558. The van der Waals surface area contributed by atoms with E-state index >= 15 is 0 Å². The van der Waals surface area contributed by atoms with Crippen molar-refractivity contribution in [3.8, 4) is 0 Å². The van der Waals surface area contributed by atoms with E-state index in [9.17, 15) is 4.79 Å². The standard InChI is InChI=1S/C17H28N4O/c1-13(2)21-11-9-20(10-12-21)8-7-16-14-5-3-4-6-15(14)17(22)19-18-16/h13H,3-12H2,1-2H3,(H,19,22). The van der Waals surface area contributed by atoms with Crippen LogP contribution >= 0.6 is 0 Å². The quantitative estimate of drug-likeness (QED) is 0.909. The summed E-state index contributed by atoms with van der Waals surface area (Å²) in [4.78, 5) is 17.0. The number of hydrogen-bond acceptors (Lipinski definition) is 4. The Kier molecular flexibility index (Phi) is 4.93. The van der Waals surface area contributed by atoms with E-state index in [0.717, 1.165) is 69.7 Å². The van der Waals surface area contributed by atoms with Crippen LogP contribution in [0.1, 0.15) is 43.5 Å². The highest BCUT2D eigenvalue weighted by atomic mass is 16.1. The third-order valence-electron chi connectivity index (χ3n) is 5.18. The zero-order valence-electron chi connectivity index (χ0n) is 13.9. The van der Waals surface area contributed by atoms with Crippen molar-refractivity contribution in [3.63, 3.8) is 0 Å². The number of rotatable bonds is 4. The molecule has 0 bridgehead atoms. The molecule has 0 aromatic carbocycles. The minimum Gasteiger partial charge on any atom is -0.300 e. The van der Waals surface area contributed by atoms with Crippen LogP contribution in [0.4, 0.5) is 0 Å². The molecular weight excluding hydrogens is 276 g/mol. The molecule has 1 saturated heterocycles. The van der Waals surface area contributed by atoms with Crippen LogP contribution in [0.2, 0.25) is 0 Å². The van der Waals surface area contributed by atoms with Gasteiger partial charge in [0.25, 0.3) is 5.56 Å². The number of nitrogens with one attached hydrogen (secondary N) is 1. The lowest BCUT2D eigenvalue weighted by Crippen LogP contribution is -2.49. The maximum absolute atomic E-state index is 11.9. The molecule has 0 unspecified atom stereocenters. The first-order chi connectivity index (χ1) is 10.6. The van der Waals surface area contributed by atoms with E-state index in [1.807, 2.05) is 0 Å². The van der Waals surface area contributed by atoms with Gasteiger partial charge in [-0.05, 0) is 45.1 Å². The van der Waals surface area contributed by atoms with Gasteiger partial charge in [0.05, 0.1) is 5.69 Å². The van der Waals surface area contributed by atoms with Gasteiger partial charge in [-0.2, -0.15) is 5.10 Å². The molecule has 5 heteroatoms. The number of hydrogen-bond donors (Lipinski definition) is 1. The van der Waals surface area contributed by atoms with Gasteiger partial charge in [0.2, 0.25) is 0 Å². The molecule has 3 rings (SSSR count). The molecule has 1 aromatic rings. The second-order valence-corrected chi connectivity index (χ2v) is 6.88. The Morgan fingerprint density at radius 3 is 2.45 bits per heavy atom. The van der Waals surface area contributed by atoms with Gasteiger partial charge in [0.1, 0.15) is 0 Å². The first-order valence-electron chi connectivity index (χ1n) is 8.71. The summed E-state index contributed by atoms with van der Waals surface area (Å²) in [6.45, 7) is 10.2. The molecule has 1 aliphatic carbocycles. The van der Waals surface area contributed by atoms with Gasteiger partial charge in [0.15, 0.2) is 0 Å². The highest BCUT2D eigenvalue weighted by Gasteiger charge is 2.21. The molecule has 0 atom stereocenters. The van der Waals surface area contributed by atoms with Gasteiger partial charge in [-0.15, -0.1) is 0 Å². The van der Waals surface area contributed by atoms with Crippen LogP contribution in [-0.2, 0) is 19.3 Å². The summed E-state index contributed by atoms with van der Waals surface area (Å²) in [5.41, 5.74) is 3.40. The van der Waals surface area contributed by atoms with Crippen molar-refractivity contribution in [2.24, 2.45) is 0 Å². The Hall–Kier alpha value is -1.20. The Labute approximate surface area is 132 Å². The smallest absolute Gasteiger partial charge is 0.267 e. The average Bonchev–Trinajstić information content (AvgIpc) is 2.55. The van der Waals surface area contributed by atoms with Crippen molar-refractivity contribution in [2.75, 3.05) is 32.7 Å². The van der Waals surface area contributed by atoms with Crippen molar-refractivity contribution in [1.82, 2.24) is 20.0 Å². The molecule has 122 valence electrons. The van der Waals surface area contributed by atoms with Crippen LogP contribution < -0.4 is 5.56 Å². The van der Waals surface area contributed by atoms with E-state index in [1.165, 1.54) is 12.0 Å². The summed E-state index contributed by atoms with van der Waals surface area (Å²) in [5.74, 6) is 0. The second kappa shape index (κ2) is 6.92. The summed E-state index contributed by atoms with van der Waals surface area (Å²) in [5, 5.41) is 7.05. The van der Waals surface area contributed by atoms with Gasteiger partial charge in [-0.3, -0.25) is 9.69 Å². The van der Waals surface area contributed by atoms with Crippen LogP contribution in [0.15, 0.2) is 4.79 Å². The van der Waals surface area contributed by atoms with Crippen LogP contribution in [0.5, 0.6) is 0 Å². The lowest BCUT2D eigenvalue weighted by Gasteiger charge is -2.37. The van der Waals surface area contributed by atoms with Crippen LogP contribution in [0.3, 0.4) is 0 Å². The van der Waals surface area contributed by atoms with Crippen molar-refractivity contribution in [2.45, 2.75) is 52.0 Å². The second-order valence-electron chi connectivity index (χ2n) is 6.88. The van der Waals surface area contributed by atoms with Crippen LogP contribution in [0, 0.1) is 0 Å². The summed E-state index contributed by atoms with van der Waals surface area (Å²) in [6, 6.07) is 0.648. The molecule has 1 N–H and O–H groups in total. The fraction of sp³-hybridized carbons (Fsp3) is 0.765. The molecule has 2 aliphatic rings. The SMILES string of the molecule is CC(C)N1CCN(CCc2n[nH]c(=O)c3c2CCCC3)CC1. The lowest BCUT2D eigenvalue weighted by atomic mass is 9.91. The van der Waals surface area contributed by atoms with Gasteiger partial charge in [-0.1, -0.05) is 0 Å². The fourth-order valence-electron chi connectivity index (χ4n) is 3.70. The van der Waals surface area contributed by atoms with Crippen molar-refractivity contribution >= 4 is 0 Å². The third-order valence-corrected chi connectivity index (χ3v) is 5.18. The highest BCUT2D eigenvalue weighted by Crippen LogP contribution is 2.20. The van der Waals surface area contributed by atoms with E-state index in [2.05, 4.69) is 33.8 Å². The molecule has 0 spiro atoms. The molecule has 0 amide bonds. The van der Waals surface area contributed by atoms with Gasteiger partial charge in [-0.25, -0.2) is 5.10 Å². The summed E-state index contributed by atoms with van der Waals surface area (Å²) in [7, 11) is 0. The molecule has 2 heterocycles. The van der Waals surface area contributed by atoms with E-state index in [1.54, 1.807) is 0 Å². The zero-order valence-corrected chi connectivity index (χ0v) is 13.9. The largest absolute Gasteiger partial charge is 0.300 e. The van der Waals surface area contributed by atoms with Gasteiger partial charge >= 0.3 is 0 Å². The molecule has 0 saturated carbocycles. The minimum absolute atomic E-state index is 0.0315. The number of aromatic amines is 1. The fourth-order valence-corrected chi connectivity index (χ4v) is 3.70. The number of fused-ring (bicyclic) bond motifs is 1. The van der Waals surface area contributed by atoms with E-state index in [4.69, 9.17) is 0 Å². The van der Waals surface area contributed by atoms with Crippen molar-refractivity contribution in [1.29, 1.82) is 0 Å². The lowest BCUT2D eigenvalue weighted by molar-refractivity contribution is 0.109. The maximum Gasteiger partial charge on any atom is 0.267 e. The van der Waals surface area contributed by atoms with E-state index < -0.39 is 0 Å². The topological polar surface area (TPSA) is 52.2 Å². The molecular formula is C17H28N4O.